The number of hydrogen-bond donors (Lipinski definition) is 2. The van der Waals surface area contributed by atoms with E-state index in [1.807, 2.05) is 7.05 Å². The van der Waals surface area contributed by atoms with Crippen LogP contribution in [0.2, 0.25) is 0 Å². The molecule has 0 bridgehead atoms. The van der Waals surface area contributed by atoms with Gasteiger partial charge in [-0.1, -0.05) is 0 Å². The quantitative estimate of drug-likeness (QED) is 0.383. The minimum atomic E-state index is 0.341. The minimum Gasteiger partial charge on any atom is -0.379 e. The summed E-state index contributed by atoms with van der Waals surface area (Å²) in [6, 6.07) is 0. The Balaban J connectivity index is 3.21. The molecule has 2 N–H and O–H groups in total. The Morgan fingerprint density at radius 2 is 2.07 bits per heavy atom. The average Bonchev–Trinajstić information content (AvgIpc) is 2.16. The van der Waals surface area contributed by atoms with Crippen molar-refractivity contribution in [2.75, 3.05) is 27.2 Å². The van der Waals surface area contributed by atoms with E-state index in [-0.39, 0.29) is 0 Å². The predicted molar refractivity (Wildman–Crippen MR) is 60.7 cm³/mol. The summed E-state index contributed by atoms with van der Waals surface area (Å²) < 4.78 is 5.43. The lowest BCUT2D eigenvalue weighted by Gasteiger charge is -2.09. The van der Waals surface area contributed by atoms with Gasteiger partial charge in [-0.25, -0.2) is 0 Å². The second-order valence-electron chi connectivity index (χ2n) is 3.38. The molecule has 0 radical (unpaired) electrons. The van der Waals surface area contributed by atoms with Gasteiger partial charge in [-0.05, 0) is 26.7 Å². The summed E-state index contributed by atoms with van der Waals surface area (Å²) in [5.41, 5.74) is 0. The van der Waals surface area contributed by atoms with Crippen LogP contribution in [0, 0.1) is 0 Å². The maximum atomic E-state index is 5.43. The number of unbranched alkanes of at least 4 members (excludes halogenated alkanes) is 1. The van der Waals surface area contributed by atoms with Crippen LogP contribution in [0.15, 0.2) is 4.99 Å². The molecule has 84 valence electrons. The first kappa shape index (κ1) is 13.2. The van der Waals surface area contributed by atoms with E-state index in [1.54, 1.807) is 7.05 Å². The van der Waals surface area contributed by atoms with Crippen molar-refractivity contribution in [3.63, 3.8) is 0 Å². The van der Waals surface area contributed by atoms with Gasteiger partial charge in [0.05, 0.1) is 6.10 Å². The number of aliphatic imine (C=N–C) groups is 1. The van der Waals surface area contributed by atoms with Gasteiger partial charge in [0.25, 0.3) is 0 Å². The molecule has 14 heavy (non-hydrogen) atoms. The van der Waals surface area contributed by atoms with Crippen molar-refractivity contribution in [3.8, 4) is 0 Å². The summed E-state index contributed by atoms with van der Waals surface area (Å²) in [4.78, 5) is 4.02. The molecule has 4 heteroatoms. The van der Waals surface area contributed by atoms with Crippen molar-refractivity contribution in [1.82, 2.24) is 10.6 Å². The molecule has 0 aliphatic rings. The molecule has 0 atom stereocenters. The first-order chi connectivity index (χ1) is 6.70. The van der Waals surface area contributed by atoms with Gasteiger partial charge >= 0.3 is 0 Å². The summed E-state index contributed by atoms with van der Waals surface area (Å²) in [7, 11) is 3.62. The molecule has 0 aliphatic carbocycles. The molecule has 0 spiro atoms. The Morgan fingerprint density at radius 1 is 1.36 bits per heavy atom. The van der Waals surface area contributed by atoms with E-state index in [0.29, 0.717) is 6.10 Å². The monoisotopic (exact) mass is 201 g/mol. The molecular formula is C10H23N3O. The lowest BCUT2D eigenvalue weighted by Crippen LogP contribution is -2.35. The number of nitrogens with zero attached hydrogens (tertiary/aromatic N) is 1. The fraction of sp³-hybridized carbons (Fsp3) is 0.900. The van der Waals surface area contributed by atoms with Gasteiger partial charge < -0.3 is 15.4 Å². The molecule has 0 aromatic rings. The summed E-state index contributed by atoms with van der Waals surface area (Å²) in [6.45, 7) is 5.90. The van der Waals surface area contributed by atoms with Crippen molar-refractivity contribution in [2.24, 2.45) is 4.99 Å². The minimum absolute atomic E-state index is 0.341. The molecule has 0 rings (SSSR count). The van der Waals surface area contributed by atoms with E-state index >= 15 is 0 Å². The van der Waals surface area contributed by atoms with Crippen LogP contribution < -0.4 is 10.6 Å². The Kier molecular flexibility index (Phi) is 8.33. The SMILES string of the molecule is CN=C(NC)NCCCCOC(C)C. The molecule has 0 aromatic carbocycles. The third-order valence-electron chi connectivity index (χ3n) is 1.78. The van der Waals surface area contributed by atoms with Gasteiger partial charge in [-0.15, -0.1) is 0 Å². The van der Waals surface area contributed by atoms with Gasteiger partial charge in [0.2, 0.25) is 0 Å². The Hall–Kier alpha value is -0.770. The van der Waals surface area contributed by atoms with Crippen LogP contribution in [0.25, 0.3) is 0 Å². The number of rotatable bonds is 6. The van der Waals surface area contributed by atoms with Gasteiger partial charge in [-0.2, -0.15) is 0 Å². The van der Waals surface area contributed by atoms with Gasteiger partial charge in [0.15, 0.2) is 5.96 Å². The predicted octanol–water partition coefficient (Wildman–Crippen LogP) is 0.986. The third-order valence-corrected chi connectivity index (χ3v) is 1.78. The van der Waals surface area contributed by atoms with Crippen molar-refractivity contribution in [3.05, 3.63) is 0 Å². The maximum Gasteiger partial charge on any atom is 0.190 e. The van der Waals surface area contributed by atoms with E-state index < -0.39 is 0 Å². The molecule has 0 saturated heterocycles. The highest BCUT2D eigenvalue weighted by Crippen LogP contribution is 1.93. The van der Waals surface area contributed by atoms with Gasteiger partial charge in [0.1, 0.15) is 0 Å². The van der Waals surface area contributed by atoms with Crippen LogP contribution in [0.3, 0.4) is 0 Å². The zero-order chi connectivity index (χ0) is 10.8. The zero-order valence-corrected chi connectivity index (χ0v) is 9.76. The molecule has 0 saturated carbocycles. The summed E-state index contributed by atoms with van der Waals surface area (Å²) in [6.07, 6.45) is 2.53. The van der Waals surface area contributed by atoms with Crippen molar-refractivity contribution in [2.45, 2.75) is 32.8 Å². The first-order valence-electron chi connectivity index (χ1n) is 5.20. The summed E-state index contributed by atoms with van der Waals surface area (Å²) in [5.74, 6) is 0.842. The van der Waals surface area contributed by atoms with E-state index in [1.165, 1.54) is 0 Å². The van der Waals surface area contributed by atoms with E-state index in [4.69, 9.17) is 4.74 Å². The molecule has 0 fully saturated rings. The zero-order valence-electron chi connectivity index (χ0n) is 9.76. The molecule has 0 unspecified atom stereocenters. The highest BCUT2D eigenvalue weighted by molar-refractivity contribution is 5.79. The van der Waals surface area contributed by atoms with E-state index in [9.17, 15) is 0 Å². The number of ether oxygens (including phenoxy) is 1. The van der Waals surface area contributed by atoms with Crippen LogP contribution in [-0.4, -0.2) is 39.3 Å². The van der Waals surface area contributed by atoms with Crippen molar-refractivity contribution >= 4 is 5.96 Å². The van der Waals surface area contributed by atoms with Crippen LogP contribution >= 0.6 is 0 Å². The molecule has 0 amide bonds. The number of hydrogen-bond acceptors (Lipinski definition) is 2. The lowest BCUT2D eigenvalue weighted by molar-refractivity contribution is 0.0762. The fourth-order valence-electron chi connectivity index (χ4n) is 1.03. The number of nitrogens with one attached hydrogen (secondary N) is 2. The maximum absolute atomic E-state index is 5.43. The second kappa shape index (κ2) is 8.81. The normalized spacial score (nSPS) is 11.9. The highest BCUT2D eigenvalue weighted by Gasteiger charge is 1.94. The fourth-order valence-corrected chi connectivity index (χ4v) is 1.03. The Morgan fingerprint density at radius 3 is 2.57 bits per heavy atom. The average molecular weight is 201 g/mol. The second-order valence-corrected chi connectivity index (χ2v) is 3.38. The smallest absolute Gasteiger partial charge is 0.190 e. The van der Waals surface area contributed by atoms with Crippen LogP contribution in [0.4, 0.5) is 0 Å². The first-order valence-corrected chi connectivity index (χ1v) is 5.20. The third kappa shape index (κ3) is 7.86. The van der Waals surface area contributed by atoms with Crippen molar-refractivity contribution < 1.29 is 4.74 Å². The Bertz CT molecular complexity index is 157. The summed E-state index contributed by atoms with van der Waals surface area (Å²) >= 11 is 0. The standard InChI is InChI=1S/C10H23N3O/c1-9(2)14-8-6-5-7-13-10(11-3)12-4/h9H,5-8H2,1-4H3,(H2,11,12,13). The van der Waals surface area contributed by atoms with Crippen molar-refractivity contribution in [1.29, 1.82) is 0 Å². The molecular weight excluding hydrogens is 178 g/mol. The van der Waals surface area contributed by atoms with Crippen LogP contribution in [-0.2, 0) is 4.74 Å². The largest absolute Gasteiger partial charge is 0.379 e. The lowest BCUT2D eigenvalue weighted by atomic mass is 10.3. The van der Waals surface area contributed by atoms with Crippen LogP contribution in [0.5, 0.6) is 0 Å². The topological polar surface area (TPSA) is 45.7 Å². The molecule has 0 aromatic heterocycles. The van der Waals surface area contributed by atoms with E-state index in [0.717, 1.165) is 32.0 Å². The highest BCUT2D eigenvalue weighted by atomic mass is 16.5. The number of guanidine groups is 1. The Labute approximate surface area is 87.1 Å². The molecule has 4 nitrogen and oxygen atoms in total. The molecule has 0 aliphatic heterocycles. The van der Waals surface area contributed by atoms with Crippen LogP contribution in [0.1, 0.15) is 26.7 Å². The van der Waals surface area contributed by atoms with E-state index in [2.05, 4.69) is 29.5 Å². The molecule has 0 heterocycles. The summed E-state index contributed by atoms with van der Waals surface area (Å²) in [5, 5.41) is 6.16. The van der Waals surface area contributed by atoms with Gasteiger partial charge in [0, 0.05) is 27.2 Å². The van der Waals surface area contributed by atoms with Gasteiger partial charge in [-0.3, -0.25) is 4.99 Å².